The Morgan fingerprint density at radius 3 is 2.61 bits per heavy atom. The maximum absolute atomic E-state index is 13.0. The van der Waals surface area contributed by atoms with E-state index in [4.69, 9.17) is 16.3 Å². The summed E-state index contributed by atoms with van der Waals surface area (Å²) in [5.74, 6) is 1.31. The minimum atomic E-state index is -1.07. The van der Waals surface area contributed by atoms with Gasteiger partial charge in [0.15, 0.2) is 0 Å². The Hall–Kier alpha value is -3.17. The highest BCUT2D eigenvalue weighted by Gasteiger charge is 2.54. The molecule has 4 atom stereocenters. The number of aliphatic carboxylic acids is 1. The van der Waals surface area contributed by atoms with Crippen molar-refractivity contribution in [1.82, 2.24) is 14.8 Å². The molecule has 0 bridgehead atoms. The third-order valence-corrected chi connectivity index (χ3v) is 13.1. The number of aromatic nitrogens is 1. The third-order valence-electron chi connectivity index (χ3n) is 12.9. The van der Waals surface area contributed by atoms with Crippen molar-refractivity contribution in [2.45, 2.75) is 94.5 Å². The van der Waals surface area contributed by atoms with Gasteiger partial charge in [0.05, 0.1) is 19.3 Å². The molecule has 51 heavy (non-hydrogen) atoms. The molecule has 1 aliphatic heterocycles. The fourth-order valence-electron chi connectivity index (χ4n) is 9.89. The summed E-state index contributed by atoms with van der Waals surface area (Å²) in [4.78, 5) is 22.5. The highest BCUT2D eigenvalue weighted by Crippen LogP contribution is 2.56. The molecule has 4 aliphatic rings. The summed E-state index contributed by atoms with van der Waals surface area (Å²) in [5, 5.41) is 25.4. The van der Waals surface area contributed by atoms with Crippen molar-refractivity contribution in [3.05, 3.63) is 87.7 Å². The maximum atomic E-state index is 13.0. The van der Waals surface area contributed by atoms with E-state index in [1.54, 1.807) is 0 Å². The molecular weight excluding hydrogens is 660 g/mol. The summed E-state index contributed by atoms with van der Waals surface area (Å²) in [6.07, 6.45) is 9.82. The topological polar surface area (TPSA) is 98.2 Å². The van der Waals surface area contributed by atoms with Crippen LogP contribution in [0.25, 0.3) is 0 Å². The molecule has 274 valence electrons. The molecule has 2 aromatic carbocycles. The summed E-state index contributed by atoms with van der Waals surface area (Å²) in [6.45, 7) is 9.16. The predicted molar refractivity (Wildman–Crippen MR) is 203 cm³/mol. The van der Waals surface area contributed by atoms with Crippen LogP contribution >= 0.6 is 11.6 Å². The molecule has 7 rings (SSSR count). The van der Waals surface area contributed by atoms with Crippen LogP contribution in [0.5, 0.6) is 5.75 Å². The number of nitrogens with one attached hydrogen (secondary N) is 1. The second-order valence-electron chi connectivity index (χ2n) is 16.1. The SMILES string of the molecule is C[C@@H](COc1ccnc2c1[C@H](C)CCC2)CC1Cc2ccc(C(CO)N3CCN(C)CC3)cc2C12CCC(Nc1cccc(Cl)c1)(C(=O)O)CC2. The van der Waals surface area contributed by atoms with Crippen LogP contribution in [0.15, 0.2) is 54.7 Å². The molecule has 1 aromatic heterocycles. The van der Waals surface area contributed by atoms with Crippen LogP contribution in [0.1, 0.15) is 98.7 Å². The summed E-state index contributed by atoms with van der Waals surface area (Å²) >= 11 is 6.31. The first-order valence-electron chi connectivity index (χ1n) is 19.2. The van der Waals surface area contributed by atoms with E-state index in [0.717, 1.165) is 69.7 Å². The zero-order valence-electron chi connectivity index (χ0n) is 30.5. The molecule has 3 aliphatic carbocycles. The van der Waals surface area contributed by atoms with E-state index in [0.29, 0.717) is 42.2 Å². The zero-order valence-corrected chi connectivity index (χ0v) is 31.3. The van der Waals surface area contributed by atoms with Gasteiger partial charge in [-0.05, 0) is 129 Å². The number of pyridine rings is 1. The second kappa shape index (κ2) is 15.1. The number of carbonyl (C=O) groups is 1. The number of aliphatic hydroxyl groups is 1. The van der Waals surface area contributed by atoms with E-state index in [2.05, 4.69) is 59.2 Å². The minimum absolute atomic E-state index is 0.0488. The number of hydrogen-bond donors (Lipinski definition) is 3. The summed E-state index contributed by atoms with van der Waals surface area (Å²) in [5.41, 5.74) is 5.90. The highest BCUT2D eigenvalue weighted by molar-refractivity contribution is 6.30. The van der Waals surface area contributed by atoms with Crippen LogP contribution in [0, 0.1) is 11.8 Å². The van der Waals surface area contributed by atoms with E-state index in [1.165, 1.54) is 40.8 Å². The average Bonchev–Trinajstić information content (AvgIpc) is 3.40. The number of ether oxygens (including phenoxy) is 1. The lowest BCUT2D eigenvalue weighted by Gasteiger charge is -2.47. The Balaban J connectivity index is 1.16. The molecule has 1 saturated heterocycles. The molecular formula is C42H55ClN4O4. The molecule has 3 N–H and O–H groups in total. The first-order chi connectivity index (χ1) is 24.6. The Kier molecular flexibility index (Phi) is 10.7. The van der Waals surface area contributed by atoms with E-state index in [9.17, 15) is 15.0 Å². The van der Waals surface area contributed by atoms with Gasteiger partial charge in [-0.2, -0.15) is 0 Å². The number of carboxylic acids is 1. The van der Waals surface area contributed by atoms with E-state index in [-0.39, 0.29) is 18.1 Å². The van der Waals surface area contributed by atoms with Crippen LogP contribution in [0.3, 0.4) is 0 Å². The van der Waals surface area contributed by atoms with Gasteiger partial charge < -0.3 is 25.2 Å². The van der Waals surface area contributed by atoms with Crippen LogP contribution in [0.4, 0.5) is 5.69 Å². The Labute approximate surface area is 308 Å². The quantitative estimate of drug-likeness (QED) is 0.188. The first-order valence-corrected chi connectivity index (χ1v) is 19.5. The normalized spacial score (nSPS) is 27.8. The standard InChI is InChI=1S/C42H55ClN4O4/c1-28(27-51-38-12-17-44-36-9-4-6-29(2)39(36)38)22-32-23-30-10-11-31(37(26-48)47-20-18-46(3)19-21-47)24-35(30)41(32)13-15-42(16-14-41,40(49)50)45-34-8-5-7-33(43)25-34/h5,7-8,10-12,17,24-25,28-29,32,37,45,48H,4,6,9,13-16,18-23,26-27H2,1-3H3,(H,49,50)/t28-,29-,32?,37?,41?,42?/m1/s1. The van der Waals surface area contributed by atoms with Crippen LogP contribution in [0.2, 0.25) is 5.02 Å². The smallest absolute Gasteiger partial charge is 0.329 e. The number of halogens is 1. The fourth-order valence-corrected chi connectivity index (χ4v) is 10.1. The van der Waals surface area contributed by atoms with Gasteiger partial charge in [-0.25, -0.2) is 4.79 Å². The fraction of sp³-hybridized carbons (Fsp3) is 0.571. The molecule has 8 nitrogen and oxygen atoms in total. The summed E-state index contributed by atoms with van der Waals surface area (Å²) in [6, 6.07) is 16.3. The van der Waals surface area contributed by atoms with E-state index < -0.39 is 11.5 Å². The van der Waals surface area contributed by atoms with Gasteiger partial charge in [0.25, 0.3) is 0 Å². The number of hydrogen-bond acceptors (Lipinski definition) is 7. The van der Waals surface area contributed by atoms with Crippen molar-refractivity contribution in [2.24, 2.45) is 11.8 Å². The molecule has 0 radical (unpaired) electrons. The molecule has 9 heteroatoms. The number of aliphatic hydroxyl groups excluding tert-OH is 1. The number of rotatable bonds is 11. The van der Waals surface area contributed by atoms with Gasteiger partial charge in [0, 0.05) is 54.3 Å². The molecule has 2 fully saturated rings. The summed E-state index contributed by atoms with van der Waals surface area (Å²) in [7, 11) is 2.16. The van der Waals surface area contributed by atoms with Crippen molar-refractivity contribution in [3.63, 3.8) is 0 Å². The average molecular weight is 715 g/mol. The number of anilines is 1. The number of likely N-dealkylation sites (N-methyl/N-ethyl adjacent to an activating group) is 1. The third kappa shape index (κ3) is 7.26. The maximum Gasteiger partial charge on any atom is 0.329 e. The van der Waals surface area contributed by atoms with Crippen LogP contribution in [-0.2, 0) is 23.1 Å². The molecule has 2 heterocycles. The monoisotopic (exact) mass is 714 g/mol. The number of fused-ring (bicyclic) bond motifs is 3. The number of benzene rings is 2. The predicted octanol–water partition coefficient (Wildman–Crippen LogP) is 7.48. The van der Waals surface area contributed by atoms with Gasteiger partial charge in [0.1, 0.15) is 11.3 Å². The van der Waals surface area contributed by atoms with Crippen molar-refractivity contribution in [3.8, 4) is 5.75 Å². The van der Waals surface area contributed by atoms with Crippen LogP contribution in [-0.4, -0.2) is 82.9 Å². The molecule has 0 amide bonds. The van der Waals surface area contributed by atoms with Crippen molar-refractivity contribution >= 4 is 23.3 Å². The zero-order chi connectivity index (χ0) is 35.8. The van der Waals surface area contributed by atoms with E-state index >= 15 is 0 Å². The summed E-state index contributed by atoms with van der Waals surface area (Å²) < 4.78 is 6.60. The second-order valence-corrected chi connectivity index (χ2v) is 16.6. The lowest BCUT2D eigenvalue weighted by Crippen LogP contribution is -2.53. The van der Waals surface area contributed by atoms with Crippen molar-refractivity contribution < 1.29 is 19.7 Å². The van der Waals surface area contributed by atoms with Gasteiger partial charge in [0.2, 0.25) is 0 Å². The van der Waals surface area contributed by atoms with Crippen molar-refractivity contribution in [1.29, 1.82) is 0 Å². The number of piperazine rings is 1. The van der Waals surface area contributed by atoms with Gasteiger partial charge in [-0.3, -0.25) is 9.88 Å². The Morgan fingerprint density at radius 1 is 1.10 bits per heavy atom. The lowest BCUT2D eigenvalue weighted by molar-refractivity contribution is -0.144. The van der Waals surface area contributed by atoms with Crippen molar-refractivity contribution in [2.75, 3.05) is 51.8 Å². The number of aryl methyl sites for hydroxylation is 1. The van der Waals surface area contributed by atoms with Crippen LogP contribution < -0.4 is 10.1 Å². The lowest BCUT2D eigenvalue weighted by atomic mass is 9.59. The Morgan fingerprint density at radius 2 is 1.88 bits per heavy atom. The van der Waals surface area contributed by atoms with Gasteiger partial charge in [-0.1, -0.05) is 49.7 Å². The van der Waals surface area contributed by atoms with Gasteiger partial charge >= 0.3 is 5.97 Å². The number of carboxylic acid groups (broad SMARTS) is 1. The minimum Gasteiger partial charge on any atom is -0.493 e. The Bertz CT molecular complexity index is 1700. The highest BCUT2D eigenvalue weighted by atomic mass is 35.5. The van der Waals surface area contributed by atoms with E-state index in [1.807, 2.05) is 36.5 Å². The van der Waals surface area contributed by atoms with Gasteiger partial charge in [-0.15, -0.1) is 0 Å². The molecule has 1 spiro atoms. The first kappa shape index (κ1) is 36.2. The molecule has 2 unspecified atom stereocenters. The molecule has 3 aromatic rings. The molecule has 1 saturated carbocycles. The largest absolute Gasteiger partial charge is 0.493 e. The number of nitrogens with zero attached hydrogens (tertiary/aromatic N) is 3.